The number of allylic oxidation sites excluding steroid dienone is 1. The molecule has 4 N–H and O–H groups in total. The summed E-state index contributed by atoms with van der Waals surface area (Å²) in [6, 6.07) is 11.2. The lowest BCUT2D eigenvalue weighted by atomic mass is 10.1. The maximum atomic E-state index is 13.6. The van der Waals surface area contributed by atoms with Crippen LogP contribution in [-0.4, -0.2) is 76.9 Å². The number of methoxy groups -OCH3 is 1. The fourth-order valence-electron chi connectivity index (χ4n) is 6.11. The van der Waals surface area contributed by atoms with E-state index in [4.69, 9.17) is 20.2 Å². The van der Waals surface area contributed by atoms with Crippen LogP contribution in [0, 0.1) is 5.92 Å². The predicted molar refractivity (Wildman–Crippen MR) is 165 cm³/mol. The highest BCUT2D eigenvalue weighted by atomic mass is 16.5. The molecule has 3 aromatic rings. The van der Waals surface area contributed by atoms with Crippen LogP contribution < -0.4 is 25.8 Å². The van der Waals surface area contributed by atoms with Crippen molar-refractivity contribution in [3.63, 3.8) is 0 Å². The zero-order valence-corrected chi connectivity index (χ0v) is 25.0. The zero-order chi connectivity index (χ0) is 31.6. The Labute approximate surface area is 260 Å². The minimum absolute atomic E-state index is 0.0840. The third-order valence-corrected chi connectivity index (χ3v) is 8.63. The molecule has 2 fully saturated rings. The van der Waals surface area contributed by atoms with Gasteiger partial charge in [-0.3, -0.25) is 14.4 Å². The number of nitrogens with two attached hydrogens (primary N) is 1. The van der Waals surface area contributed by atoms with E-state index in [0.29, 0.717) is 29.7 Å². The van der Waals surface area contributed by atoms with Crippen molar-refractivity contribution < 1.29 is 28.7 Å². The fourth-order valence-corrected chi connectivity index (χ4v) is 6.11. The molecular weight excluding hydrogens is 576 g/mol. The molecule has 4 unspecified atom stereocenters. The van der Waals surface area contributed by atoms with Crippen molar-refractivity contribution in [2.45, 2.75) is 56.2 Å². The molecule has 12 heteroatoms. The molecule has 233 valence electrons. The van der Waals surface area contributed by atoms with Crippen LogP contribution in [0.1, 0.15) is 48.9 Å². The maximum absolute atomic E-state index is 13.6. The Morgan fingerprint density at radius 2 is 1.93 bits per heavy atom. The van der Waals surface area contributed by atoms with Gasteiger partial charge in [-0.15, -0.1) is 0 Å². The molecule has 1 radical (unpaired) electrons. The van der Waals surface area contributed by atoms with Crippen LogP contribution in [0.2, 0.25) is 0 Å². The summed E-state index contributed by atoms with van der Waals surface area (Å²) in [6.07, 6.45) is 9.63. The lowest BCUT2D eigenvalue weighted by Crippen LogP contribution is -2.53. The SMILES string of the molecule is COc1ccc2c(OC3CC4C(=O)NC5([C]=O)CC5/C=C/CCCCCNC(=O)N4C3)nc(-c3ccccc3)nc2c1C(N)=O. The smallest absolute Gasteiger partial charge is 0.318 e. The third-order valence-electron chi connectivity index (χ3n) is 8.63. The number of aromatic nitrogens is 2. The molecule has 4 amide bonds. The number of carbonyl (C=O) groups excluding carboxylic acids is 4. The molecule has 2 aliphatic heterocycles. The monoisotopic (exact) mass is 611 g/mol. The van der Waals surface area contributed by atoms with E-state index in [1.807, 2.05) is 42.7 Å². The molecule has 12 nitrogen and oxygen atoms in total. The van der Waals surface area contributed by atoms with Crippen molar-refractivity contribution >= 4 is 35.0 Å². The van der Waals surface area contributed by atoms with E-state index in [1.165, 1.54) is 12.0 Å². The van der Waals surface area contributed by atoms with Gasteiger partial charge in [0, 0.05) is 24.4 Å². The van der Waals surface area contributed by atoms with Gasteiger partial charge in [0.05, 0.1) is 24.6 Å². The Morgan fingerprint density at radius 1 is 1.11 bits per heavy atom. The van der Waals surface area contributed by atoms with E-state index in [9.17, 15) is 19.2 Å². The Morgan fingerprint density at radius 3 is 2.69 bits per heavy atom. The van der Waals surface area contributed by atoms with Gasteiger partial charge in [0.1, 0.15) is 29.0 Å². The highest BCUT2D eigenvalue weighted by molar-refractivity contribution is 6.08. The van der Waals surface area contributed by atoms with Gasteiger partial charge < -0.3 is 30.7 Å². The van der Waals surface area contributed by atoms with Gasteiger partial charge in [-0.1, -0.05) is 48.9 Å². The van der Waals surface area contributed by atoms with Crippen LogP contribution in [0.4, 0.5) is 4.79 Å². The Bertz CT molecular complexity index is 1660. The quantitative estimate of drug-likeness (QED) is 0.358. The van der Waals surface area contributed by atoms with Crippen LogP contribution in [-0.2, 0) is 9.59 Å². The van der Waals surface area contributed by atoms with Crippen molar-refractivity contribution in [1.82, 2.24) is 25.5 Å². The predicted octanol–water partition coefficient (Wildman–Crippen LogP) is 3.05. The number of hydrogen-bond acceptors (Lipinski definition) is 8. The number of fused-ring (bicyclic) bond motifs is 3. The van der Waals surface area contributed by atoms with Gasteiger partial charge in [-0.25, -0.2) is 9.78 Å². The standard InChI is InChI=1S/C33H35N6O6/c1-44-25-14-13-23-27(26(25)28(34)41)36-29(20-10-6-5-7-11-20)37-31(23)45-22-16-24-30(42)38-33(19-40)17-21(33)12-8-3-2-4-9-15-35-32(43)39(24)18-22/h5-8,10-14,21-22,24H,2-4,9,15-18H2,1H3,(H2,34,41)(H,35,43)(H,38,42)/b12-8+. The molecule has 1 aromatic heterocycles. The highest BCUT2D eigenvalue weighted by Crippen LogP contribution is 2.43. The first-order valence-corrected chi connectivity index (χ1v) is 15.2. The summed E-state index contributed by atoms with van der Waals surface area (Å²) in [4.78, 5) is 62.4. The van der Waals surface area contributed by atoms with E-state index in [1.54, 1.807) is 12.1 Å². The van der Waals surface area contributed by atoms with E-state index in [2.05, 4.69) is 21.7 Å². The number of amides is 4. The van der Waals surface area contributed by atoms with Crippen molar-refractivity contribution in [2.75, 3.05) is 20.2 Å². The number of urea groups is 1. The van der Waals surface area contributed by atoms with E-state index in [-0.39, 0.29) is 47.6 Å². The van der Waals surface area contributed by atoms with Crippen LogP contribution in [0.25, 0.3) is 22.3 Å². The summed E-state index contributed by atoms with van der Waals surface area (Å²) in [5, 5.41) is 6.23. The van der Waals surface area contributed by atoms with Gasteiger partial charge in [0.2, 0.25) is 18.1 Å². The summed E-state index contributed by atoms with van der Waals surface area (Å²) in [5.41, 5.74) is 5.70. The lowest BCUT2D eigenvalue weighted by Gasteiger charge is -2.25. The first-order chi connectivity index (χ1) is 21.8. The number of rotatable bonds is 6. The number of carbonyl (C=O) groups is 3. The average Bonchev–Trinajstić information content (AvgIpc) is 3.56. The number of benzene rings is 2. The number of hydrogen-bond donors (Lipinski definition) is 3. The van der Waals surface area contributed by atoms with Gasteiger partial charge >= 0.3 is 6.03 Å². The molecule has 1 aliphatic carbocycles. The first-order valence-electron chi connectivity index (χ1n) is 15.2. The van der Waals surface area contributed by atoms with Gasteiger partial charge in [0.25, 0.3) is 5.91 Å². The third kappa shape index (κ3) is 6.04. The van der Waals surface area contributed by atoms with Crippen molar-refractivity contribution in [2.24, 2.45) is 11.7 Å². The van der Waals surface area contributed by atoms with Crippen LogP contribution in [0.15, 0.2) is 54.6 Å². The average molecular weight is 612 g/mol. The van der Waals surface area contributed by atoms with E-state index in [0.717, 1.165) is 25.7 Å². The largest absolute Gasteiger partial charge is 0.496 e. The topological polar surface area (TPSA) is 166 Å². The summed E-state index contributed by atoms with van der Waals surface area (Å²) in [5.74, 6) is -0.567. The number of primary amides is 1. The zero-order valence-electron chi connectivity index (χ0n) is 25.0. The molecule has 1 saturated carbocycles. The summed E-state index contributed by atoms with van der Waals surface area (Å²) in [6.45, 7) is 0.568. The minimum Gasteiger partial charge on any atom is -0.496 e. The number of ether oxygens (including phenoxy) is 2. The van der Waals surface area contributed by atoms with Crippen molar-refractivity contribution in [3.8, 4) is 23.0 Å². The Hall–Kier alpha value is -5.00. The Balaban J connectivity index is 1.35. The molecule has 3 aliphatic rings. The first kappa shape index (κ1) is 30.0. The molecule has 45 heavy (non-hydrogen) atoms. The molecule has 6 rings (SSSR count). The molecule has 2 aromatic carbocycles. The van der Waals surface area contributed by atoms with E-state index < -0.39 is 29.5 Å². The maximum Gasteiger partial charge on any atom is 0.318 e. The van der Waals surface area contributed by atoms with E-state index >= 15 is 0 Å². The second-order valence-corrected chi connectivity index (χ2v) is 11.6. The van der Waals surface area contributed by atoms with Crippen molar-refractivity contribution in [3.05, 3.63) is 60.2 Å². The second-order valence-electron chi connectivity index (χ2n) is 11.6. The van der Waals surface area contributed by atoms with Gasteiger partial charge in [-0.05, 0) is 37.8 Å². The molecule has 4 atom stereocenters. The molecule has 3 heterocycles. The van der Waals surface area contributed by atoms with Crippen LogP contribution >= 0.6 is 0 Å². The minimum atomic E-state index is -1.09. The normalized spacial score (nSPS) is 25.9. The molecular formula is C33H35N6O6. The van der Waals surface area contributed by atoms with Gasteiger partial charge in [-0.2, -0.15) is 4.98 Å². The number of nitrogens with zero attached hydrogens (tertiary/aromatic N) is 3. The Kier molecular flexibility index (Phi) is 8.38. The molecule has 0 spiro atoms. The summed E-state index contributed by atoms with van der Waals surface area (Å²) >= 11 is 0. The van der Waals surface area contributed by atoms with Crippen LogP contribution in [0.3, 0.4) is 0 Å². The van der Waals surface area contributed by atoms with Crippen molar-refractivity contribution in [1.29, 1.82) is 0 Å². The number of nitrogens with one attached hydrogen (secondary N) is 2. The second kappa shape index (κ2) is 12.5. The molecule has 0 bridgehead atoms. The molecule has 1 saturated heterocycles. The van der Waals surface area contributed by atoms with Crippen LogP contribution in [0.5, 0.6) is 11.6 Å². The summed E-state index contributed by atoms with van der Waals surface area (Å²) < 4.78 is 11.9. The lowest BCUT2D eigenvalue weighted by molar-refractivity contribution is -0.125. The summed E-state index contributed by atoms with van der Waals surface area (Å²) in [7, 11) is 1.44. The fraction of sp³-hybridized carbons (Fsp3) is 0.394. The van der Waals surface area contributed by atoms with Gasteiger partial charge in [0.15, 0.2) is 5.82 Å². The highest BCUT2D eigenvalue weighted by Gasteiger charge is 2.56.